The number of fused-ring (bicyclic) bond motifs is 2. The maximum Gasteiger partial charge on any atom is 0.259 e. The third kappa shape index (κ3) is 6.83. The lowest BCUT2D eigenvalue weighted by molar-refractivity contribution is 0.0722. The van der Waals surface area contributed by atoms with E-state index in [2.05, 4.69) is 81.7 Å². The maximum absolute atomic E-state index is 14.7. The van der Waals surface area contributed by atoms with E-state index in [1.54, 1.807) is 7.11 Å². The molecule has 45 heavy (non-hydrogen) atoms. The van der Waals surface area contributed by atoms with Gasteiger partial charge in [0, 0.05) is 68.5 Å². The quantitative estimate of drug-likeness (QED) is 0.229. The van der Waals surface area contributed by atoms with Crippen molar-refractivity contribution in [2.75, 3.05) is 38.6 Å². The van der Waals surface area contributed by atoms with Crippen LogP contribution in [0.3, 0.4) is 0 Å². The third-order valence-electron chi connectivity index (χ3n) is 8.39. The zero-order chi connectivity index (χ0) is 31.3. The summed E-state index contributed by atoms with van der Waals surface area (Å²) in [7, 11) is 1.61. The summed E-state index contributed by atoms with van der Waals surface area (Å²) in [5, 5.41) is 8.51. The molecule has 0 aliphatic carbocycles. The molecule has 4 heterocycles. The molecule has 0 fully saturated rings. The summed E-state index contributed by atoms with van der Waals surface area (Å²) in [5.74, 6) is 0.638. The number of aromatic nitrogens is 3. The maximum atomic E-state index is 14.7. The fourth-order valence-corrected chi connectivity index (χ4v) is 5.85. The van der Waals surface area contributed by atoms with E-state index in [0.717, 1.165) is 60.7 Å². The molecule has 0 radical (unpaired) electrons. The Bertz CT molecular complexity index is 1770. The summed E-state index contributed by atoms with van der Waals surface area (Å²) < 4.78 is 10.8. The highest BCUT2D eigenvalue weighted by Crippen LogP contribution is 2.30. The number of ether oxygens (including phenoxy) is 1. The predicted molar refractivity (Wildman–Crippen MR) is 176 cm³/mol. The van der Waals surface area contributed by atoms with Crippen molar-refractivity contribution in [3.63, 3.8) is 0 Å². The number of anilines is 1. The van der Waals surface area contributed by atoms with E-state index in [9.17, 15) is 4.79 Å². The van der Waals surface area contributed by atoms with E-state index in [1.165, 1.54) is 5.56 Å². The van der Waals surface area contributed by atoms with Crippen molar-refractivity contribution in [1.82, 2.24) is 24.9 Å². The molecule has 232 valence electrons. The number of hydrogen-bond donors (Lipinski definition) is 1. The Labute approximate surface area is 264 Å². The van der Waals surface area contributed by atoms with Gasteiger partial charge in [-0.15, -0.1) is 0 Å². The van der Waals surface area contributed by atoms with Crippen LogP contribution < -0.4 is 10.1 Å². The van der Waals surface area contributed by atoms with Gasteiger partial charge in [-0.1, -0.05) is 55.4 Å². The van der Waals surface area contributed by atoms with Gasteiger partial charge in [0.25, 0.3) is 11.6 Å². The summed E-state index contributed by atoms with van der Waals surface area (Å²) in [6, 6.07) is 22.7. The lowest BCUT2D eigenvalue weighted by Crippen LogP contribution is -2.38. The highest BCUT2D eigenvalue weighted by Gasteiger charge is 2.26. The molecule has 0 atom stereocenters. The summed E-state index contributed by atoms with van der Waals surface area (Å²) in [6.45, 7) is 10.3. The molecule has 9 heteroatoms. The molecule has 0 spiro atoms. The topological polar surface area (TPSA) is 96.6 Å². The number of hydrogen-bond acceptors (Lipinski definition) is 8. The van der Waals surface area contributed by atoms with Gasteiger partial charge in [-0.05, 0) is 60.2 Å². The van der Waals surface area contributed by atoms with Crippen molar-refractivity contribution < 1.29 is 14.1 Å². The van der Waals surface area contributed by atoms with E-state index in [4.69, 9.17) is 9.26 Å². The zero-order valence-corrected chi connectivity index (χ0v) is 26.4. The number of benzene rings is 2. The monoisotopic (exact) mass is 604 g/mol. The number of pyridine rings is 2. The molecule has 1 aliphatic heterocycles. The molecular weight excluding hydrogens is 564 g/mol. The molecule has 0 bridgehead atoms. The second-order valence-electron chi connectivity index (χ2n) is 11.9. The van der Waals surface area contributed by atoms with E-state index in [0.29, 0.717) is 41.3 Å². The standard InChI is InChI=1S/C36H40N6O3/c1-24(2)32-20-30(34-25(3)40-45-35(34)39-32)36(43)42-18-17-41(22-26-9-6-5-7-10-26)16-8-15-37-31-13-11-27(19-29(31)23-42)28-12-14-33(44-4)38-21-28/h5-7,9-14,19-21,24,37H,8,15-18,22-23H2,1-4H3. The molecule has 5 aromatic rings. The van der Waals surface area contributed by atoms with E-state index >= 15 is 0 Å². The van der Waals surface area contributed by atoms with Crippen molar-refractivity contribution in [2.45, 2.75) is 46.2 Å². The summed E-state index contributed by atoms with van der Waals surface area (Å²) in [5.41, 5.74) is 7.80. The van der Waals surface area contributed by atoms with E-state index in [1.807, 2.05) is 42.3 Å². The number of carbonyl (C=O) groups excluding carboxylic acids is 1. The third-order valence-corrected chi connectivity index (χ3v) is 8.39. The van der Waals surface area contributed by atoms with Gasteiger partial charge in [0.2, 0.25) is 5.88 Å². The SMILES string of the molecule is COc1ccc(-c2ccc3c(c2)CN(C(=O)c2cc(C(C)C)nc4onc(C)c24)CCN(Cc2ccccc2)CCCN3)cn1. The highest BCUT2D eigenvalue weighted by atomic mass is 16.5. The van der Waals surface area contributed by atoms with Crippen LogP contribution in [0.1, 0.15) is 59.1 Å². The molecular formula is C36H40N6O3. The molecule has 0 saturated heterocycles. The molecule has 6 rings (SSSR count). The molecule has 9 nitrogen and oxygen atoms in total. The van der Waals surface area contributed by atoms with E-state index in [-0.39, 0.29) is 11.8 Å². The van der Waals surface area contributed by atoms with E-state index < -0.39 is 0 Å². The number of rotatable bonds is 6. The van der Waals surface area contributed by atoms with Crippen molar-refractivity contribution in [3.05, 3.63) is 101 Å². The first kappa shape index (κ1) is 30.3. The minimum Gasteiger partial charge on any atom is -0.481 e. The largest absolute Gasteiger partial charge is 0.481 e. The molecule has 2 aromatic carbocycles. The normalized spacial score (nSPS) is 14.6. The zero-order valence-electron chi connectivity index (χ0n) is 26.4. The molecule has 1 N–H and O–H groups in total. The van der Waals surface area contributed by atoms with Gasteiger partial charge in [-0.3, -0.25) is 9.69 Å². The Hall–Kier alpha value is -4.76. The van der Waals surface area contributed by atoms with Gasteiger partial charge in [0.05, 0.1) is 23.8 Å². The average molecular weight is 605 g/mol. The van der Waals surface area contributed by atoms with Crippen molar-refractivity contribution in [2.24, 2.45) is 0 Å². The molecule has 3 aromatic heterocycles. The minimum absolute atomic E-state index is 0.0584. The Morgan fingerprint density at radius 1 is 1.02 bits per heavy atom. The van der Waals surface area contributed by atoms with Crippen LogP contribution in [0.2, 0.25) is 0 Å². The second kappa shape index (κ2) is 13.5. The van der Waals surface area contributed by atoms with Crippen LogP contribution >= 0.6 is 0 Å². The van der Waals surface area contributed by atoms with Gasteiger partial charge in [0.1, 0.15) is 0 Å². The van der Waals surface area contributed by atoms with Crippen LogP contribution in [-0.2, 0) is 13.1 Å². The predicted octanol–water partition coefficient (Wildman–Crippen LogP) is 6.69. The van der Waals surface area contributed by atoms with Gasteiger partial charge < -0.3 is 19.5 Å². The summed E-state index contributed by atoms with van der Waals surface area (Å²) >= 11 is 0. The van der Waals surface area contributed by atoms with Crippen molar-refractivity contribution in [1.29, 1.82) is 0 Å². The fourth-order valence-electron chi connectivity index (χ4n) is 5.85. The second-order valence-corrected chi connectivity index (χ2v) is 11.9. The van der Waals surface area contributed by atoms with Gasteiger partial charge >= 0.3 is 0 Å². The summed E-state index contributed by atoms with van der Waals surface area (Å²) in [4.78, 5) is 28.1. The lowest BCUT2D eigenvalue weighted by atomic mass is 10.0. The van der Waals surface area contributed by atoms with Crippen LogP contribution in [0.4, 0.5) is 5.69 Å². The van der Waals surface area contributed by atoms with Crippen molar-refractivity contribution >= 4 is 22.7 Å². The minimum atomic E-state index is -0.0584. The molecule has 1 amide bonds. The number of nitrogens with one attached hydrogen (secondary N) is 1. The average Bonchev–Trinajstić information content (AvgIpc) is 3.43. The number of nitrogens with zero attached hydrogens (tertiary/aromatic N) is 5. The molecule has 0 saturated carbocycles. The first-order chi connectivity index (χ1) is 21.9. The Morgan fingerprint density at radius 2 is 1.84 bits per heavy atom. The number of amides is 1. The van der Waals surface area contributed by atoms with Crippen LogP contribution in [0.5, 0.6) is 5.88 Å². The number of methoxy groups -OCH3 is 1. The fraction of sp³-hybridized carbons (Fsp3) is 0.333. The number of carbonyl (C=O) groups is 1. The van der Waals surface area contributed by atoms with Crippen LogP contribution in [0.25, 0.3) is 22.2 Å². The van der Waals surface area contributed by atoms with Gasteiger partial charge in [0.15, 0.2) is 0 Å². The van der Waals surface area contributed by atoms with Gasteiger partial charge in [-0.25, -0.2) is 9.97 Å². The molecule has 0 unspecified atom stereocenters. The van der Waals surface area contributed by atoms with Crippen molar-refractivity contribution in [3.8, 4) is 17.0 Å². The Balaban J connectivity index is 1.39. The number of aryl methyl sites for hydroxylation is 1. The van der Waals surface area contributed by atoms with Crippen LogP contribution in [0.15, 0.2) is 77.4 Å². The highest BCUT2D eigenvalue weighted by molar-refractivity contribution is 6.06. The van der Waals surface area contributed by atoms with Crippen LogP contribution in [0, 0.1) is 6.92 Å². The lowest BCUT2D eigenvalue weighted by Gasteiger charge is -2.28. The first-order valence-electron chi connectivity index (χ1n) is 15.6. The first-order valence-corrected chi connectivity index (χ1v) is 15.6. The smallest absolute Gasteiger partial charge is 0.259 e. The Morgan fingerprint density at radius 3 is 2.60 bits per heavy atom. The molecule has 1 aliphatic rings. The summed E-state index contributed by atoms with van der Waals surface area (Å²) in [6.07, 6.45) is 2.80. The van der Waals surface area contributed by atoms with Crippen LogP contribution in [-0.4, -0.2) is 64.1 Å². The van der Waals surface area contributed by atoms with Gasteiger partial charge in [-0.2, -0.15) is 0 Å². The Kier molecular flexibility index (Phi) is 9.07.